The highest BCUT2D eigenvalue weighted by molar-refractivity contribution is 5.79. The molecule has 0 aromatic heterocycles. The number of nitrogens with zero attached hydrogens (tertiary/aromatic N) is 3. The predicted molar refractivity (Wildman–Crippen MR) is 147 cm³/mol. The number of benzene rings is 2. The Kier molecular flexibility index (Phi) is 9.49. The molecule has 3 aliphatic heterocycles. The summed E-state index contributed by atoms with van der Waals surface area (Å²) in [5, 5.41) is 0. The van der Waals surface area contributed by atoms with E-state index in [-0.39, 0.29) is 30.2 Å². The van der Waals surface area contributed by atoms with Crippen LogP contribution in [-0.4, -0.2) is 79.1 Å². The minimum absolute atomic E-state index is 0.00230. The van der Waals surface area contributed by atoms with Crippen molar-refractivity contribution in [2.45, 2.75) is 44.9 Å². The van der Waals surface area contributed by atoms with Gasteiger partial charge in [-0.3, -0.25) is 14.5 Å². The predicted octanol–water partition coefficient (Wildman–Crippen LogP) is 4.59. The number of hydrogen-bond acceptors (Lipinski definition) is 5. The first-order chi connectivity index (χ1) is 19.8. The van der Waals surface area contributed by atoms with E-state index in [1.807, 2.05) is 39.0 Å². The SMILES string of the molecule is O=C(C[C@@H]1CCN2C[C@@H]1CCCOc1ccccc1CN(Cc1ccc(C(F)(F)F)cc1)CC2=O)N1CCOCC1. The van der Waals surface area contributed by atoms with Crippen molar-refractivity contribution in [1.82, 2.24) is 14.7 Å². The van der Waals surface area contributed by atoms with E-state index in [4.69, 9.17) is 9.47 Å². The van der Waals surface area contributed by atoms with Crippen molar-refractivity contribution in [3.05, 3.63) is 65.2 Å². The number of amides is 2. The molecular formula is C31H38F3N3O4. The Balaban J connectivity index is 1.32. The van der Waals surface area contributed by atoms with E-state index in [1.165, 1.54) is 12.1 Å². The highest BCUT2D eigenvalue weighted by Crippen LogP contribution is 2.33. The van der Waals surface area contributed by atoms with Crippen molar-refractivity contribution in [2.75, 3.05) is 52.5 Å². The van der Waals surface area contributed by atoms with Gasteiger partial charge in [0.1, 0.15) is 5.75 Å². The van der Waals surface area contributed by atoms with Gasteiger partial charge in [0.05, 0.1) is 31.9 Å². The smallest absolute Gasteiger partial charge is 0.416 e. The van der Waals surface area contributed by atoms with Gasteiger partial charge >= 0.3 is 6.18 Å². The average Bonchev–Trinajstić information content (AvgIpc) is 2.97. The lowest BCUT2D eigenvalue weighted by molar-refractivity contribution is -0.139. The number of morpholine rings is 1. The fourth-order valence-electron chi connectivity index (χ4n) is 6.13. The van der Waals surface area contributed by atoms with E-state index in [9.17, 15) is 22.8 Å². The number of fused-ring (bicyclic) bond motifs is 3. The molecule has 0 aliphatic carbocycles. The Morgan fingerprint density at radius 2 is 1.68 bits per heavy atom. The molecule has 0 spiro atoms. The third-order valence-electron chi connectivity index (χ3n) is 8.43. The minimum atomic E-state index is -4.40. The molecule has 2 aromatic rings. The fraction of sp³-hybridized carbons (Fsp3) is 0.548. The summed E-state index contributed by atoms with van der Waals surface area (Å²) in [6.07, 6.45) is -1.46. The first-order valence-electron chi connectivity index (χ1n) is 14.5. The minimum Gasteiger partial charge on any atom is -0.493 e. The molecule has 2 saturated heterocycles. The molecule has 2 atom stereocenters. The molecule has 2 bridgehead atoms. The molecule has 41 heavy (non-hydrogen) atoms. The molecule has 0 unspecified atom stereocenters. The zero-order valence-corrected chi connectivity index (χ0v) is 23.3. The Labute approximate surface area is 239 Å². The first-order valence-corrected chi connectivity index (χ1v) is 14.5. The van der Waals surface area contributed by atoms with Crippen LogP contribution in [0.2, 0.25) is 0 Å². The number of halogens is 3. The standard InChI is InChI=1S/C31H38F3N3O4/c32-31(33,34)27-9-7-23(8-10-27)19-35-20-26-4-1-2-6-28(26)41-15-3-5-25-21-37(30(39)22-35)12-11-24(25)18-29(38)36-13-16-40-17-14-36/h1-2,4,6-10,24-25H,3,5,11-22H2/t24-,25-/m0/s1. The summed E-state index contributed by atoms with van der Waals surface area (Å²) in [5.41, 5.74) is 0.937. The molecule has 2 fully saturated rings. The van der Waals surface area contributed by atoms with Crippen molar-refractivity contribution in [3.63, 3.8) is 0 Å². The van der Waals surface area contributed by atoms with Gasteiger partial charge in [0.15, 0.2) is 0 Å². The number of piperidine rings is 1. The highest BCUT2D eigenvalue weighted by Gasteiger charge is 2.34. The van der Waals surface area contributed by atoms with E-state index in [0.717, 1.165) is 42.7 Å². The Hall–Kier alpha value is -3.11. The third kappa shape index (κ3) is 7.80. The summed E-state index contributed by atoms with van der Waals surface area (Å²) in [5.74, 6) is 1.31. The normalized spacial score (nSPS) is 23.0. The Morgan fingerprint density at radius 3 is 2.44 bits per heavy atom. The van der Waals surface area contributed by atoms with Crippen LogP contribution in [0.1, 0.15) is 42.4 Å². The lowest BCUT2D eigenvalue weighted by Gasteiger charge is -2.40. The molecule has 0 saturated carbocycles. The summed E-state index contributed by atoms with van der Waals surface area (Å²) < 4.78 is 50.9. The van der Waals surface area contributed by atoms with Crippen LogP contribution in [0, 0.1) is 11.8 Å². The summed E-state index contributed by atoms with van der Waals surface area (Å²) in [6.45, 7) is 5.02. The van der Waals surface area contributed by atoms with Crippen molar-refractivity contribution in [3.8, 4) is 5.75 Å². The maximum atomic E-state index is 13.6. The second kappa shape index (κ2) is 13.2. The highest BCUT2D eigenvalue weighted by atomic mass is 19.4. The van der Waals surface area contributed by atoms with Gasteiger partial charge < -0.3 is 19.3 Å². The molecule has 3 aliphatic rings. The van der Waals surface area contributed by atoms with Crippen molar-refractivity contribution in [1.29, 1.82) is 0 Å². The lowest BCUT2D eigenvalue weighted by Crippen LogP contribution is -2.49. The number of rotatable bonds is 4. The largest absolute Gasteiger partial charge is 0.493 e. The van der Waals surface area contributed by atoms with Gasteiger partial charge in [-0.2, -0.15) is 13.2 Å². The molecule has 2 aromatic carbocycles. The monoisotopic (exact) mass is 573 g/mol. The molecule has 10 heteroatoms. The number of alkyl halides is 3. The molecule has 0 radical (unpaired) electrons. The first kappa shape index (κ1) is 29.4. The Bertz CT molecular complexity index is 1180. The second-order valence-corrected chi connectivity index (χ2v) is 11.3. The molecule has 2 amide bonds. The average molecular weight is 574 g/mol. The van der Waals surface area contributed by atoms with Gasteiger partial charge in [-0.1, -0.05) is 30.3 Å². The molecule has 5 rings (SSSR count). The summed E-state index contributed by atoms with van der Waals surface area (Å²) in [4.78, 5) is 32.4. The molecule has 7 nitrogen and oxygen atoms in total. The summed E-state index contributed by atoms with van der Waals surface area (Å²) >= 11 is 0. The van der Waals surface area contributed by atoms with Gasteiger partial charge in [0.2, 0.25) is 11.8 Å². The van der Waals surface area contributed by atoms with Crippen LogP contribution in [0.4, 0.5) is 13.2 Å². The molecule has 0 N–H and O–H groups in total. The Morgan fingerprint density at radius 1 is 0.927 bits per heavy atom. The number of carbonyl (C=O) groups is 2. The van der Waals surface area contributed by atoms with Crippen LogP contribution in [0.25, 0.3) is 0 Å². The van der Waals surface area contributed by atoms with Gasteiger partial charge in [0, 0.05) is 51.3 Å². The van der Waals surface area contributed by atoms with Crippen LogP contribution in [0.5, 0.6) is 5.75 Å². The zero-order valence-electron chi connectivity index (χ0n) is 23.3. The topological polar surface area (TPSA) is 62.3 Å². The second-order valence-electron chi connectivity index (χ2n) is 11.3. The van der Waals surface area contributed by atoms with E-state index in [2.05, 4.69) is 0 Å². The maximum Gasteiger partial charge on any atom is 0.416 e. The fourth-order valence-corrected chi connectivity index (χ4v) is 6.13. The van der Waals surface area contributed by atoms with Crippen LogP contribution in [0.15, 0.2) is 48.5 Å². The van der Waals surface area contributed by atoms with Crippen LogP contribution in [0.3, 0.4) is 0 Å². The van der Waals surface area contributed by atoms with E-state index < -0.39 is 11.7 Å². The van der Waals surface area contributed by atoms with E-state index in [0.29, 0.717) is 71.1 Å². The molecule has 3 heterocycles. The summed E-state index contributed by atoms with van der Waals surface area (Å²) in [7, 11) is 0. The van der Waals surface area contributed by atoms with Crippen molar-refractivity contribution in [2.24, 2.45) is 11.8 Å². The molecular weight excluding hydrogens is 535 g/mol. The van der Waals surface area contributed by atoms with E-state index >= 15 is 0 Å². The quantitative estimate of drug-likeness (QED) is 0.536. The lowest BCUT2D eigenvalue weighted by atomic mass is 9.80. The van der Waals surface area contributed by atoms with Crippen molar-refractivity contribution >= 4 is 11.8 Å². The van der Waals surface area contributed by atoms with Gasteiger partial charge in [-0.05, 0) is 54.9 Å². The van der Waals surface area contributed by atoms with Gasteiger partial charge in [-0.25, -0.2) is 0 Å². The van der Waals surface area contributed by atoms with Gasteiger partial charge in [-0.15, -0.1) is 0 Å². The zero-order chi connectivity index (χ0) is 28.8. The van der Waals surface area contributed by atoms with Gasteiger partial charge in [0.25, 0.3) is 0 Å². The van der Waals surface area contributed by atoms with Crippen LogP contribution >= 0.6 is 0 Å². The third-order valence-corrected chi connectivity index (χ3v) is 8.43. The van der Waals surface area contributed by atoms with Crippen LogP contribution < -0.4 is 4.74 Å². The number of carbonyl (C=O) groups excluding carboxylic acids is 2. The number of ether oxygens (including phenoxy) is 2. The number of hydrogen-bond donors (Lipinski definition) is 0. The van der Waals surface area contributed by atoms with Crippen molar-refractivity contribution < 1.29 is 32.2 Å². The summed E-state index contributed by atoms with van der Waals surface area (Å²) in [6, 6.07) is 12.8. The molecule has 222 valence electrons. The van der Waals surface area contributed by atoms with Crippen LogP contribution in [-0.2, 0) is 33.6 Å². The maximum absolute atomic E-state index is 13.6. The van der Waals surface area contributed by atoms with E-state index in [1.54, 1.807) is 0 Å². The number of para-hydroxylation sites is 1.